The van der Waals surface area contributed by atoms with Crippen LogP contribution >= 0.6 is 15.9 Å². The van der Waals surface area contributed by atoms with E-state index in [0.29, 0.717) is 16.6 Å². The van der Waals surface area contributed by atoms with E-state index >= 15 is 0 Å². The van der Waals surface area contributed by atoms with Gasteiger partial charge in [-0.05, 0) is 20.0 Å². The number of benzene rings is 1. The maximum atomic E-state index is 12.0. The predicted molar refractivity (Wildman–Crippen MR) is 74.6 cm³/mol. The zero-order chi connectivity index (χ0) is 14.6. The van der Waals surface area contributed by atoms with Gasteiger partial charge in [-0.15, -0.1) is 0 Å². The largest absolute Gasteiger partial charge is 0.318 e. The first-order chi connectivity index (χ1) is 8.79. The molecule has 0 amide bonds. The topological polar surface area (TPSA) is 101 Å². The van der Waals surface area contributed by atoms with Crippen LogP contribution in [0.2, 0.25) is 0 Å². The predicted octanol–water partition coefficient (Wildman–Crippen LogP) is 1.16. The number of nitro benzene ring substituents is 1. The second-order valence-electron chi connectivity index (χ2n) is 3.81. The van der Waals surface area contributed by atoms with E-state index in [2.05, 4.69) is 26.0 Å². The summed E-state index contributed by atoms with van der Waals surface area (Å²) in [6, 6.07) is 2.41. The van der Waals surface area contributed by atoms with Crippen molar-refractivity contribution >= 4 is 31.6 Å². The van der Waals surface area contributed by atoms with Crippen molar-refractivity contribution in [3.63, 3.8) is 0 Å². The average molecular weight is 352 g/mol. The number of nitrogens with zero attached hydrogens (tertiary/aromatic N) is 1. The molecule has 1 aromatic rings. The Labute approximate surface area is 119 Å². The Bertz CT molecular complexity index is 589. The lowest BCUT2D eigenvalue weighted by Crippen LogP contribution is -2.30. The molecule has 7 nitrogen and oxygen atoms in total. The molecule has 0 atom stereocenters. The summed E-state index contributed by atoms with van der Waals surface area (Å²) in [5, 5.41) is 13.7. The minimum Gasteiger partial charge on any atom is -0.318 e. The van der Waals surface area contributed by atoms with Crippen LogP contribution in [-0.4, -0.2) is 33.5 Å². The SMILES string of the molecule is CNCCNS(=O)(=O)c1cc(Br)c(C)c([N+](=O)[O-])c1. The average Bonchev–Trinajstić information content (AvgIpc) is 2.32. The first-order valence-corrected chi connectivity index (χ1v) is 7.66. The second kappa shape index (κ2) is 6.42. The lowest BCUT2D eigenvalue weighted by Gasteiger charge is -2.08. The molecule has 0 radical (unpaired) electrons. The quantitative estimate of drug-likeness (QED) is 0.455. The number of hydrogen-bond acceptors (Lipinski definition) is 5. The second-order valence-corrected chi connectivity index (χ2v) is 6.43. The zero-order valence-corrected chi connectivity index (χ0v) is 12.8. The van der Waals surface area contributed by atoms with Crippen molar-refractivity contribution in [2.45, 2.75) is 11.8 Å². The van der Waals surface area contributed by atoms with Crippen molar-refractivity contribution in [1.29, 1.82) is 0 Å². The van der Waals surface area contributed by atoms with E-state index in [1.165, 1.54) is 6.07 Å². The molecule has 0 aliphatic heterocycles. The Hall–Kier alpha value is -1.03. The lowest BCUT2D eigenvalue weighted by molar-refractivity contribution is -0.385. The molecule has 0 saturated carbocycles. The number of likely N-dealkylation sites (N-methyl/N-ethyl adjacent to an activating group) is 1. The van der Waals surface area contributed by atoms with Gasteiger partial charge in [0, 0.05) is 29.2 Å². The Morgan fingerprint density at radius 2 is 2.00 bits per heavy atom. The van der Waals surface area contributed by atoms with E-state index in [-0.39, 0.29) is 17.1 Å². The molecule has 0 heterocycles. The van der Waals surface area contributed by atoms with Gasteiger partial charge in [-0.3, -0.25) is 10.1 Å². The molecule has 0 unspecified atom stereocenters. The van der Waals surface area contributed by atoms with Gasteiger partial charge >= 0.3 is 0 Å². The monoisotopic (exact) mass is 351 g/mol. The number of nitrogens with one attached hydrogen (secondary N) is 2. The summed E-state index contributed by atoms with van der Waals surface area (Å²) in [5.41, 5.74) is 0.155. The maximum absolute atomic E-state index is 12.0. The first kappa shape index (κ1) is 16.0. The number of rotatable bonds is 6. The highest BCUT2D eigenvalue weighted by Gasteiger charge is 2.21. The summed E-state index contributed by atoms with van der Waals surface area (Å²) in [6.45, 7) is 2.22. The van der Waals surface area contributed by atoms with Gasteiger partial charge in [0.05, 0.1) is 9.82 Å². The van der Waals surface area contributed by atoms with Crippen LogP contribution in [0.3, 0.4) is 0 Å². The molecular weight excluding hydrogens is 338 g/mol. The highest BCUT2D eigenvalue weighted by Crippen LogP contribution is 2.29. The number of nitro groups is 1. The molecular formula is C10H14BrN3O4S. The van der Waals surface area contributed by atoms with Gasteiger partial charge in [0.15, 0.2) is 0 Å². The van der Waals surface area contributed by atoms with E-state index in [1.54, 1.807) is 14.0 Å². The van der Waals surface area contributed by atoms with Crippen molar-refractivity contribution in [3.8, 4) is 0 Å². The third-order valence-corrected chi connectivity index (χ3v) is 4.73. The molecule has 106 valence electrons. The molecule has 0 spiro atoms. The van der Waals surface area contributed by atoms with Gasteiger partial charge in [-0.25, -0.2) is 13.1 Å². The van der Waals surface area contributed by atoms with E-state index in [0.717, 1.165) is 6.07 Å². The molecule has 1 rings (SSSR count). The van der Waals surface area contributed by atoms with Gasteiger partial charge in [0.25, 0.3) is 5.69 Å². The molecule has 0 bridgehead atoms. The van der Waals surface area contributed by atoms with Gasteiger partial charge < -0.3 is 5.32 Å². The summed E-state index contributed by atoms with van der Waals surface area (Å²) >= 11 is 3.13. The zero-order valence-electron chi connectivity index (χ0n) is 10.4. The molecule has 0 saturated heterocycles. The van der Waals surface area contributed by atoms with Crippen LogP contribution in [-0.2, 0) is 10.0 Å². The molecule has 2 N–H and O–H groups in total. The van der Waals surface area contributed by atoms with Gasteiger partial charge in [0.2, 0.25) is 10.0 Å². The van der Waals surface area contributed by atoms with Crippen LogP contribution < -0.4 is 10.0 Å². The highest BCUT2D eigenvalue weighted by molar-refractivity contribution is 9.10. The summed E-state index contributed by atoms with van der Waals surface area (Å²) < 4.78 is 26.7. The van der Waals surface area contributed by atoms with Crippen molar-refractivity contribution < 1.29 is 13.3 Å². The van der Waals surface area contributed by atoms with Crippen molar-refractivity contribution in [1.82, 2.24) is 10.0 Å². The molecule has 0 aliphatic carbocycles. The van der Waals surface area contributed by atoms with E-state index < -0.39 is 14.9 Å². The Balaban J connectivity index is 3.17. The van der Waals surface area contributed by atoms with E-state index in [1.807, 2.05) is 0 Å². The maximum Gasteiger partial charge on any atom is 0.274 e. The van der Waals surface area contributed by atoms with Crippen molar-refractivity contribution in [2.75, 3.05) is 20.1 Å². The highest BCUT2D eigenvalue weighted by atomic mass is 79.9. The van der Waals surface area contributed by atoms with Crippen molar-refractivity contribution in [2.24, 2.45) is 0 Å². The molecule has 0 aromatic heterocycles. The molecule has 1 aromatic carbocycles. The minimum atomic E-state index is -3.75. The summed E-state index contributed by atoms with van der Waals surface area (Å²) in [5.74, 6) is 0. The minimum absolute atomic E-state index is 0.132. The summed E-state index contributed by atoms with van der Waals surface area (Å²) in [6.07, 6.45) is 0. The van der Waals surface area contributed by atoms with Crippen LogP contribution in [0.15, 0.2) is 21.5 Å². The standard InChI is InChI=1S/C10H14BrN3O4S/c1-7-9(11)5-8(6-10(7)14(15)16)19(17,18)13-4-3-12-2/h5-6,12-13H,3-4H2,1-2H3. The normalized spacial score (nSPS) is 11.5. The van der Waals surface area contributed by atoms with Crippen LogP contribution in [0.4, 0.5) is 5.69 Å². The fourth-order valence-corrected chi connectivity index (χ4v) is 3.06. The molecule has 0 fully saturated rings. The Morgan fingerprint density at radius 1 is 1.37 bits per heavy atom. The van der Waals surface area contributed by atoms with Gasteiger partial charge in [-0.1, -0.05) is 15.9 Å². The van der Waals surface area contributed by atoms with Crippen LogP contribution in [0.1, 0.15) is 5.56 Å². The first-order valence-electron chi connectivity index (χ1n) is 5.38. The van der Waals surface area contributed by atoms with Crippen molar-refractivity contribution in [3.05, 3.63) is 32.3 Å². The van der Waals surface area contributed by atoms with Gasteiger partial charge in [0.1, 0.15) is 0 Å². The Morgan fingerprint density at radius 3 is 2.53 bits per heavy atom. The summed E-state index contributed by atoms with van der Waals surface area (Å²) in [4.78, 5) is 10.1. The third kappa shape index (κ3) is 3.96. The van der Waals surface area contributed by atoms with E-state index in [9.17, 15) is 18.5 Å². The molecule has 9 heteroatoms. The lowest BCUT2D eigenvalue weighted by atomic mass is 10.2. The Kier molecular flexibility index (Phi) is 5.41. The fourth-order valence-electron chi connectivity index (χ4n) is 1.38. The smallest absolute Gasteiger partial charge is 0.274 e. The number of sulfonamides is 1. The van der Waals surface area contributed by atoms with Crippen LogP contribution in [0.25, 0.3) is 0 Å². The van der Waals surface area contributed by atoms with Crippen LogP contribution in [0.5, 0.6) is 0 Å². The fraction of sp³-hybridized carbons (Fsp3) is 0.400. The van der Waals surface area contributed by atoms with Gasteiger partial charge in [-0.2, -0.15) is 0 Å². The molecule has 0 aliphatic rings. The molecule has 19 heavy (non-hydrogen) atoms. The number of halogens is 1. The van der Waals surface area contributed by atoms with E-state index in [4.69, 9.17) is 0 Å². The summed E-state index contributed by atoms with van der Waals surface area (Å²) in [7, 11) is -2.06. The number of hydrogen-bond donors (Lipinski definition) is 2. The van der Waals surface area contributed by atoms with Crippen LogP contribution in [0, 0.1) is 17.0 Å². The third-order valence-electron chi connectivity index (χ3n) is 2.46.